The van der Waals surface area contributed by atoms with E-state index in [-0.39, 0.29) is 0 Å². The number of piperidine rings is 1. The lowest BCUT2D eigenvalue weighted by atomic mass is 9.78. The van der Waals surface area contributed by atoms with Crippen molar-refractivity contribution in [1.82, 2.24) is 0 Å². The third kappa shape index (κ3) is 2.14. The first-order valence-electron chi connectivity index (χ1n) is 6.84. The minimum absolute atomic E-state index is 0.461. The van der Waals surface area contributed by atoms with Gasteiger partial charge in [-0.3, -0.25) is 0 Å². The van der Waals surface area contributed by atoms with Gasteiger partial charge in [-0.05, 0) is 37.7 Å². The first kappa shape index (κ1) is 12.0. The number of hydrogen-bond acceptors (Lipinski definition) is 3. The van der Waals surface area contributed by atoms with E-state index in [2.05, 4.69) is 4.90 Å². The van der Waals surface area contributed by atoms with Gasteiger partial charge in [-0.15, -0.1) is 11.3 Å². The molecule has 0 radical (unpaired) electrons. The Labute approximate surface area is 111 Å². The van der Waals surface area contributed by atoms with Crippen molar-refractivity contribution in [3.63, 3.8) is 0 Å². The third-order valence-corrected chi connectivity index (χ3v) is 5.28. The van der Waals surface area contributed by atoms with E-state index in [0.717, 1.165) is 18.2 Å². The standard InChI is InChI=1S/C14H19NO2S/c16-14(17)13-8-11(9-18-13)15-7-3-5-10-4-1-2-6-12(10)15/h8-10,12H,1-7H2,(H,16,17). The molecule has 2 fully saturated rings. The molecule has 3 nitrogen and oxygen atoms in total. The Hall–Kier alpha value is -1.03. The van der Waals surface area contributed by atoms with Gasteiger partial charge < -0.3 is 10.0 Å². The van der Waals surface area contributed by atoms with Crippen molar-refractivity contribution < 1.29 is 9.90 Å². The van der Waals surface area contributed by atoms with Gasteiger partial charge in [0.25, 0.3) is 0 Å². The molecular weight excluding hydrogens is 246 g/mol. The zero-order valence-corrected chi connectivity index (χ0v) is 11.3. The molecule has 1 aliphatic carbocycles. The maximum Gasteiger partial charge on any atom is 0.345 e. The van der Waals surface area contributed by atoms with Crippen LogP contribution < -0.4 is 4.90 Å². The number of anilines is 1. The molecule has 3 rings (SSSR count). The van der Waals surface area contributed by atoms with Gasteiger partial charge in [0, 0.05) is 23.7 Å². The van der Waals surface area contributed by atoms with Crippen LogP contribution in [0.25, 0.3) is 0 Å². The van der Waals surface area contributed by atoms with E-state index in [1.165, 1.54) is 49.9 Å². The number of hydrogen-bond donors (Lipinski definition) is 1. The number of carboxylic acids is 1. The quantitative estimate of drug-likeness (QED) is 0.888. The van der Waals surface area contributed by atoms with Gasteiger partial charge in [0.2, 0.25) is 0 Å². The summed E-state index contributed by atoms with van der Waals surface area (Å²) in [4.78, 5) is 13.9. The first-order valence-corrected chi connectivity index (χ1v) is 7.72. The Morgan fingerprint density at radius 3 is 2.83 bits per heavy atom. The second-order valence-electron chi connectivity index (χ2n) is 5.42. The van der Waals surface area contributed by atoms with Crippen molar-refractivity contribution in [2.24, 2.45) is 5.92 Å². The minimum atomic E-state index is -0.802. The molecule has 1 aromatic rings. The van der Waals surface area contributed by atoms with Crippen LogP contribution in [0.5, 0.6) is 0 Å². The van der Waals surface area contributed by atoms with E-state index < -0.39 is 5.97 Å². The summed E-state index contributed by atoms with van der Waals surface area (Å²) in [6.07, 6.45) is 7.95. The van der Waals surface area contributed by atoms with Crippen LogP contribution in [0.4, 0.5) is 5.69 Å². The average Bonchev–Trinajstić information content (AvgIpc) is 2.87. The number of carboxylic acid groups (broad SMARTS) is 1. The highest BCUT2D eigenvalue weighted by Gasteiger charge is 2.33. The number of thiophene rings is 1. The highest BCUT2D eigenvalue weighted by atomic mass is 32.1. The molecule has 0 bridgehead atoms. The number of nitrogens with zero attached hydrogens (tertiary/aromatic N) is 1. The summed E-state index contributed by atoms with van der Waals surface area (Å²) in [5, 5.41) is 11.0. The normalized spacial score (nSPS) is 27.9. The molecular formula is C14H19NO2S. The van der Waals surface area contributed by atoms with Crippen molar-refractivity contribution in [1.29, 1.82) is 0 Å². The van der Waals surface area contributed by atoms with Crippen LogP contribution in [0.1, 0.15) is 48.2 Å². The molecule has 2 atom stereocenters. The van der Waals surface area contributed by atoms with E-state index in [9.17, 15) is 4.79 Å². The van der Waals surface area contributed by atoms with Gasteiger partial charge >= 0.3 is 5.97 Å². The molecule has 4 heteroatoms. The largest absolute Gasteiger partial charge is 0.477 e. The summed E-state index contributed by atoms with van der Waals surface area (Å²) in [7, 11) is 0. The number of rotatable bonds is 2. The second kappa shape index (κ2) is 4.92. The van der Waals surface area contributed by atoms with Crippen LogP contribution in [0.3, 0.4) is 0 Å². The Kier molecular flexibility index (Phi) is 3.29. The van der Waals surface area contributed by atoms with Gasteiger partial charge in [-0.1, -0.05) is 12.8 Å². The van der Waals surface area contributed by atoms with Crippen molar-refractivity contribution in [3.8, 4) is 0 Å². The zero-order valence-electron chi connectivity index (χ0n) is 10.5. The third-order valence-electron chi connectivity index (χ3n) is 4.37. The molecule has 1 N–H and O–H groups in total. The van der Waals surface area contributed by atoms with E-state index in [1.54, 1.807) is 0 Å². The number of carbonyl (C=O) groups is 1. The predicted molar refractivity (Wildman–Crippen MR) is 73.6 cm³/mol. The fourth-order valence-corrected chi connectivity index (χ4v) is 4.28. The molecule has 98 valence electrons. The van der Waals surface area contributed by atoms with E-state index in [1.807, 2.05) is 11.4 Å². The SMILES string of the molecule is O=C(O)c1cc(N2CCCC3CCCCC32)cs1. The minimum Gasteiger partial charge on any atom is -0.477 e. The second-order valence-corrected chi connectivity index (χ2v) is 6.33. The Balaban J connectivity index is 1.82. The fourth-order valence-electron chi connectivity index (χ4n) is 3.53. The summed E-state index contributed by atoms with van der Waals surface area (Å²) in [6.45, 7) is 1.09. The van der Waals surface area contributed by atoms with Crippen LogP contribution >= 0.6 is 11.3 Å². The lowest BCUT2D eigenvalue weighted by Gasteiger charge is -2.45. The van der Waals surface area contributed by atoms with Crippen molar-refractivity contribution in [2.75, 3.05) is 11.4 Å². The van der Waals surface area contributed by atoms with Crippen LogP contribution in [0, 0.1) is 5.92 Å². The topological polar surface area (TPSA) is 40.5 Å². The summed E-state index contributed by atoms with van der Waals surface area (Å²) in [6, 6.07) is 2.51. The molecule has 0 spiro atoms. The highest BCUT2D eigenvalue weighted by molar-refractivity contribution is 7.12. The van der Waals surface area contributed by atoms with Crippen LogP contribution in [0.2, 0.25) is 0 Å². The molecule has 1 saturated heterocycles. The van der Waals surface area contributed by atoms with Crippen molar-refractivity contribution in [2.45, 2.75) is 44.6 Å². The molecule has 0 aromatic carbocycles. The Bertz CT molecular complexity index is 441. The molecule has 2 unspecified atom stereocenters. The summed E-state index contributed by atoms with van der Waals surface area (Å²) < 4.78 is 0. The molecule has 0 amide bonds. The van der Waals surface area contributed by atoms with E-state index in [0.29, 0.717) is 10.9 Å². The highest BCUT2D eigenvalue weighted by Crippen LogP contribution is 2.38. The lowest BCUT2D eigenvalue weighted by molar-refractivity contribution is 0.0702. The number of fused-ring (bicyclic) bond motifs is 1. The van der Waals surface area contributed by atoms with Gasteiger partial charge in [-0.2, -0.15) is 0 Å². The maximum atomic E-state index is 11.0. The zero-order chi connectivity index (χ0) is 12.5. The number of aromatic carboxylic acids is 1. The first-order chi connectivity index (χ1) is 8.75. The monoisotopic (exact) mass is 265 g/mol. The molecule has 1 aliphatic heterocycles. The van der Waals surface area contributed by atoms with Crippen LogP contribution in [-0.4, -0.2) is 23.7 Å². The Morgan fingerprint density at radius 1 is 1.28 bits per heavy atom. The fraction of sp³-hybridized carbons (Fsp3) is 0.643. The van der Waals surface area contributed by atoms with Crippen molar-refractivity contribution >= 4 is 23.0 Å². The van der Waals surface area contributed by atoms with Crippen LogP contribution in [-0.2, 0) is 0 Å². The van der Waals surface area contributed by atoms with E-state index >= 15 is 0 Å². The summed E-state index contributed by atoms with van der Waals surface area (Å²) >= 11 is 1.35. The molecule has 2 aliphatic rings. The van der Waals surface area contributed by atoms with E-state index in [4.69, 9.17) is 5.11 Å². The molecule has 2 heterocycles. The predicted octanol–water partition coefficient (Wildman–Crippen LogP) is 3.61. The van der Waals surface area contributed by atoms with Crippen LogP contribution in [0.15, 0.2) is 11.4 Å². The van der Waals surface area contributed by atoms with Gasteiger partial charge in [0.1, 0.15) is 4.88 Å². The molecule has 18 heavy (non-hydrogen) atoms. The average molecular weight is 265 g/mol. The van der Waals surface area contributed by atoms with Gasteiger partial charge in [0.15, 0.2) is 0 Å². The lowest BCUT2D eigenvalue weighted by Crippen LogP contribution is -2.46. The van der Waals surface area contributed by atoms with Gasteiger partial charge in [-0.25, -0.2) is 4.79 Å². The maximum absolute atomic E-state index is 11.0. The smallest absolute Gasteiger partial charge is 0.345 e. The summed E-state index contributed by atoms with van der Waals surface area (Å²) in [5.41, 5.74) is 1.13. The molecule has 1 saturated carbocycles. The Morgan fingerprint density at radius 2 is 2.06 bits per heavy atom. The summed E-state index contributed by atoms with van der Waals surface area (Å²) in [5.74, 6) is 0.0316. The van der Waals surface area contributed by atoms with Gasteiger partial charge in [0.05, 0.1) is 0 Å². The molecule has 1 aromatic heterocycles. The van der Waals surface area contributed by atoms with Crippen molar-refractivity contribution in [3.05, 3.63) is 16.3 Å².